The summed E-state index contributed by atoms with van der Waals surface area (Å²) in [6, 6.07) is 32.2. The predicted octanol–water partition coefficient (Wildman–Crippen LogP) is 5.36. The molecule has 0 atom stereocenters. The normalized spacial score (nSPS) is 11.1. The lowest BCUT2D eigenvalue weighted by Gasteiger charge is -2.35. The molecule has 3 rings (SSSR count). The molecule has 0 aliphatic rings. The van der Waals surface area contributed by atoms with Crippen molar-refractivity contribution in [3.8, 4) is 0 Å². The van der Waals surface area contributed by atoms with Gasteiger partial charge >= 0.3 is 0 Å². The highest BCUT2D eigenvalue weighted by Crippen LogP contribution is 2.41. The molecule has 0 aliphatic heterocycles. The molecule has 3 aromatic carbocycles. The van der Waals surface area contributed by atoms with E-state index >= 15 is 0 Å². The maximum Gasteiger partial charge on any atom is 0.0488 e. The zero-order chi connectivity index (χ0) is 15.3. The van der Waals surface area contributed by atoms with Crippen molar-refractivity contribution >= 4 is 14.7 Å². The fraction of sp³-hybridized carbons (Fsp3) is 0.0952. The summed E-state index contributed by atoms with van der Waals surface area (Å²) in [6.07, 6.45) is 0.891. The fourth-order valence-corrected chi connectivity index (χ4v) is 3.48. The Bertz CT molecular complexity index is 621. The summed E-state index contributed by atoms with van der Waals surface area (Å²) in [5.41, 5.74) is 3.75. The van der Waals surface area contributed by atoms with Gasteiger partial charge in [0.05, 0.1) is 0 Å². The Labute approximate surface area is 134 Å². The van der Waals surface area contributed by atoms with Gasteiger partial charge in [0.15, 0.2) is 0 Å². The van der Waals surface area contributed by atoms with Gasteiger partial charge in [0.1, 0.15) is 0 Å². The minimum absolute atomic E-state index is 0.175. The first-order valence-electron chi connectivity index (χ1n) is 7.53. The lowest BCUT2D eigenvalue weighted by molar-refractivity contribution is 0.654. The number of benzene rings is 3. The van der Waals surface area contributed by atoms with Crippen LogP contribution in [0.5, 0.6) is 0 Å². The number of rotatable bonds is 5. The Hall–Kier alpha value is -2.17. The lowest BCUT2D eigenvalue weighted by atomic mass is 9.68. The SMILES string of the molecule is P=CCC(c1ccccc1)(c1ccccc1)c1ccccc1. The van der Waals surface area contributed by atoms with Crippen LogP contribution in [-0.4, -0.2) is 5.80 Å². The van der Waals surface area contributed by atoms with Crippen molar-refractivity contribution < 1.29 is 0 Å². The summed E-state index contributed by atoms with van der Waals surface area (Å²) in [7, 11) is 3.60. The highest BCUT2D eigenvalue weighted by atomic mass is 31.0. The van der Waals surface area contributed by atoms with E-state index in [0.29, 0.717) is 0 Å². The zero-order valence-electron chi connectivity index (χ0n) is 12.4. The molecule has 0 heterocycles. The van der Waals surface area contributed by atoms with Crippen LogP contribution in [-0.2, 0) is 5.41 Å². The molecule has 0 amide bonds. The molecular formula is C21H19P. The standard InChI is InChI=1S/C21H19P/c22-17-16-21(18-10-4-1-5-11-18,19-12-6-2-7-13-19)20-14-8-3-9-15-20/h1-15,17,22H,16H2. The highest BCUT2D eigenvalue weighted by Gasteiger charge is 2.34. The third-order valence-electron chi connectivity index (χ3n) is 4.21. The molecule has 22 heavy (non-hydrogen) atoms. The fourth-order valence-electron chi connectivity index (χ4n) is 3.17. The quantitative estimate of drug-likeness (QED) is 0.440. The summed E-state index contributed by atoms with van der Waals surface area (Å²) in [5, 5.41) is 0. The topological polar surface area (TPSA) is 0 Å². The van der Waals surface area contributed by atoms with Gasteiger partial charge in [-0.2, -0.15) is 0 Å². The summed E-state index contributed by atoms with van der Waals surface area (Å²) < 4.78 is 0. The van der Waals surface area contributed by atoms with Crippen molar-refractivity contribution in [2.75, 3.05) is 0 Å². The van der Waals surface area contributed by atoms with Crippen LogP contribution < -0.4 is 0 Å². The smallest absolute Gasteiger partial charge is 0.0488 e. The Morgan fingerprint density at radius 2 is 0.909 bits per heavy atom. The van der Waals surface area contributed by atoms with Gasteiger partial charge < -0.3 is 0 Å². The van der Waals surface area contributed by atoms with E-state index < -0.39 is 0 Å². The third-order valence-corrected chi connectivity index (χ3v) is 4.41. The number of hydrogen-bond acceptors (Lipinski definition) is 0. The molecule has 0 nitrogen and oxygen atoms in total. The molecule has 0 saturated heterocycles. The highest BCUT2D eigenvalue weighted by molar-refractivity contribution is 7.18. The van der Waals surface area contributed by atoms with Gasteiger partial charge in [0.25, 0.3) is 0 Å². The van der Waals surface area contributed by atoms with Crippen molar-refractivity contribution in [1.82, 2.24) is 0 Å². The van der Waals surface area contributed by atoms with E-state index in [0.717, 1.165) is 6.42 Å². The van der Waals surface area contributed by atoms with Gasteiger partial charge in [-0.3, -0.25) is 0 Å². The molecule has 0 saturated carbocycles. The van der Waals surface area contributed by atoms with Crippen molar-refractivity contribution in [3.05, 3.63) is 108 Å². The molecule has 0 N–H and O–H groups in total. The molecule has 0 aliphatic carbocycles. The second-order valence-corrected chi connectivity index (χ2v) is 5.82. The van der Waals surface area contributed by atoms with Gasteiger partial charge in [-0.25, -0.2) is 0 Å². The van der Waals surface area contributed by atoms with E-state index in [9.17, 15) is 0 Å². The monoisotopic (exact) mass is 302 g/mol. The average Bonchev–Trinajstić information content (AvgIpc) is 2.62. The largest absolute Gasteiger partial charge is 0.127 e. The number of hydrogen-bond donors (Lipinski definition) is 0. The minimum atomic E-state index is -0.175. The average molecular weight is 302 g/mol. The first kappa shape index (κ1) is 14.8. The molecule has 0 spiro atoms. The van der Waals surface area contributed by atoms with Gasteiger partial charge in [-0.15, -0.1) is 8.86 Å². The maximum atomic E-state index is 3.60. The van der Waals surface area contributed by atoms with E-state index in [-0.39, 0.29) is 5.41 Å². The molecule has 0 bridgehead atoms. The van der Waals surface area contributed by atoms with Crippen molar-refractivity contribution in [2.24, 2.45) is 0 Å². The van der Waals surface area contributed by atoms with Crippen LogP contribution in [0.25, 0.3) is 0 Å². The lowest BCUT2D eigenvalue weighted by Crippen LogP contribution is -2.29. The summed E-state index contributed by atoms with van der Waals surface area (Å²) in [5.74, 6) is 2.08. The first-order valence-corrected chi connectivity index (χ1v) is 8.11. The van der Waals surface area contributed by atoms with E-state index in [1.807, 2.05) is 0 Å². The van der Waals surface area contributed by atoms with Gasteiger partial charge in [-0.05, 0) is 23.1 Å². The molecular weight excluding hydrogens is 283 g/mol. The van der Waals surface area contributed by atoms with E-state index in [2.05, 4.69) is 106 Å². The van der Waals surface area contributed by atoms with Crippen LogP contribution in [0.3, 0.4) is 0 Å². The van der Waals surface area contributed by atoms with Crippen LogP contribution in [0.15, 0.2) is 91.0 Å². The van der Waals surface area contributed by atoms with Crippen LogP contribution in [0.2, 0.25) is 0 Å². The van der Waals surface area contributed by atoms with Crippen molar-refractivity contribution in [2.45, 2.75) is 11.8 Å². The van der Waals surface area contributed by atoms with E-state index in [1.54, 1.807) is 0 Å². The Morgan fingerprint density at radius 1 is 0.591 bits per heavy atom. The Kier molecular flexibility index (Phi) is 4.51. The van der Waals surface area contributed by atoms with Crippen LogP contribution in [0, 0.1) is 0 Å². The van der Waals surface area contributed by atoms with Gasteiger partial charge in [0.2, 0.25) is 0 Å². The molecule has 1 heteroatoms. The molecule has 0 fully saturated rings. The molecule has 0 aromatic heterocycles. The molecule has 0 radical (unpaired) electrons. The summed E-state index contributed by atoms with van der Waals surface area (Å²) >= 11 is 0. The van der Waals surface area contributed by atoms with Crippen LogP contribution in [0.4, 0.5) is 0 Å². The Morgan fingerprint density at radius 3 is 1.18 bits per heavy atom. The second kappa shape index (κ2) is 6.73. The van der Waals surface area contributed by atoms with Gasteiger partial charge in [-0.1, -0.05) is 96.8 Å². The van der Waals surface area contributed by atoms with E-state index in [1.165, 1.54) is 16.7 Å². The molecule has 0 unspecified atom stereocenters. The minimum Gasteiger partial charge on any atom is -0.127 e. The molecule has 3 aromatic rings. The third kappa shape index (κ3) is 2.63. The first-order chi connectivity index (χ1) is 10.9. The van der Waals surface area contributed by atoms with E-state index in [4.69, 9.17) is 0 Å². The predicted molar refractivity (Wildman–Crippen MR) is 98.2 cm³/mol. The zero-order valence-corrected chi connectivity index (χ0v) is 13.4. The maximum absolute atomic E-state index is 3.60. The van der Waals surface area contributed by atoms with Gasteiger partial charge in [0, 0.05) is 5.41 Å². The van der Waals surface area contributed by atoms with Crippen LogP contribution in [0.1, 0.15) is 23.1 Å². The Balaban J connectivity index is 2.31. The van der Waals surface area contributed by atoms with Crippen molar-refractivity contribution in [1.29, 1.82) is 0 Å². The second-order valence-electron chi connectivity index (χ2n) is 5.41. The molecule has 108 valence electrons. The van der Waals surface area contributed by atoms with Crippen LogP contribution >= 0.6 is 8.86 Å². The summed E-state index contributed by atoms with van der Waals surface area (Å²) in [6.45, 7) is 0. The summed E-state index contributed by atoms with van der Waals surface area (Å²) in [4.78, 5) is 0. The van der Waals surface area contributed by atoms with Crippen molar-refractivity contribution in [3.63, 3.8) is 0 Å².